The van der Waals surface area contributed by atoms with E-state index in [9.17, 15) is 9.18 Å². The molecule has 11 heteroatoms. The summed E-state index contributed by atoms with van der Waals surface area (Å²) in [5.41, 5.74) is 1.92. The largest absolute Gasteiger partial charge is 0.462 e. The number of halogens is 2. The lowest BCUT2D eigenvalue weighted by Gasteiger charge is -2.41. The van der Waals surface area contributed by atoms with E-state index in [0.717, 1.165) is 40.1 Å². The average molecular weight is 618 g/mol. The number of nitrogens with zero attached hydrogens (tertiary/aromatic N) is 7. The second kappa shape index (κ2) is 12.6. The Kier molecular flexibility index (Phi) is 8.61. The molecule has 2 aliphatic heterocycles. The maximum absolute atomic E-state index is 14.3. The molecule has 1 aromatic heterocycles. The molecule has 1 saturated carbocycles. The molecule has 6 rings (SSSR count). The summed E-state index contributed by atoms with van der Waals surface area (Å²) in [6.45, 7) is 15.4. The number of carbonyl (C=O) groups is 1. The van der Waals surface area contributed by atoms with Gasteiger partial charge in [-0.2, -0.15) is 9.97 Å². The van der Waals surface area contributed by atoms with E-state index >= 15 is 0 Å². The van der Waals surface area contributed by atoms with Gasteiger partial charge in [0.2, 0.25) is 12.5 Å². The molecule has 1 amide bonds. The van der Waals surface area contributed by atoms with Crippen LogP contribution in [0.2, 0.25) is 5.02 Å². The molecular formula is C33H37ClFN7O2. The van der Waals surface area contributed by atoms with E-state index in [-0.39, 0.29) is 24.5 Å². The van der Waals surface area contributed by atoms with Crippen LogP contribution in [0.3, 0.4) is 0 Å². The van der Waals surface area contributed by atoms with E-state index < -0.39 is 5.67 Å². The Morgan fingerprint density at radius 3 is 2.77 bits per heavy atom. The third kappa shape index (κ3) is 6.30. The number of aromatic nitrogens is 2. The molecule has 0 radical (unpaired) electrons. The number of hydrogen-bond donors (Lipinski definition) is 0. The molecule has 0 bridgehead atoms. The van der Waals surface area contributed by atoms with Gasteiger partial charge in [-0.15, -0.1) is 0 Å². The first-order valence-corrected chi connectivity index (χ1v) is 15.5. The maximum Gasteiger partial charge on any atom is 0.318 e. The van der Waals surface area contributed by atoms with Gasteiger partial charge in [0.05, 0.1) is 17.3 Å². The zero-order chi connectivity index (χ0) is 30.8. The van der Waals surface area contributed by atoms with Crippen molar-refractivity contribution in [2.24, 2.45) is 0 Å². The fraction of sp³-hybridized carbons (Fsp3) is 0.455. The number of likely N-dealkylation sites (N-methyl/N-ethyl adjacent to an activating group) is 1. The van der Waals surface area contributed by atoms with Crippen LogP contribution in [0.15, 0.2) is 49.1 Å². The second-order valence-electron chi connectivity index (χ2n) is 12.0. The quantitative estimate of drug-likeness (QED) is 0.240. The molecule has 1 atom stereocenters. The van der Waals surface area contributed by atoms with Crippen molar-refractivity contribution in [2.75, 3.05) is 69.3 Å². The van der Waals surface area contributed by atoms with Crippen LogP contribution in [-0.2, 0) is 17.8 Å². The van der Waals surface area contributed by atoms with Crippen molar-refractivity contribution in [2.45, 2.75) is 37.5 Å². The predicted octanol–water partition coefficient (Wildman–Crippen LogP) is 4.78. The van der Waals surface area contributed by atoms with E-state index in [4.69, 9.17) is 32.9 Å². The van der Waals surface area contributed by atoms with Gasteiger partial charge in [0, 0.05) is 55.9 Å². The molecule has 0 spiro atoms. The lowest BCUT2D eigenvalue weighted by atomic mass is 10.0. The monoisotopic (exact) mass is 617 g/mol. The van der Waals surface area contributed by atoms with Crippen LogP contribution in [0.25, 0.3) is 15.6 Å². The standard InChI is InChI=1S/C33H37ClFN7O2/c1-4-29(43)42-16-15-41(20-24(42)19-36-2)31-25-11-14-40(28-10-6-8-23-7-5-9-26(34)30(23)28)21-27(25)37-32(38-31)44-18-17-39(3)22-33(35)12-13-33/h4-10,24H,1,11-22H2,3H3/t24-/m0/s1. The lowest BCUT2D eigenvalue weighted by molar-refractivity contribution is -0.128. The highest BCUT2D eigenvalue weighted by molar-refractivity contribution is 6.36. The lowest BCUT2D eigenvalue weighted by Crippen LogP contribution is -2.56. The summed E-state index contributed by atoms with van der Waals surface area (Å²) in [5.74, 6) is 0.622. The summed E-state index contributed by atoms with van der Waals surface area (Å²) < 4.78 is 20.4. The minimum Gasteiger partial charge on any atom is -0.462 e. The van der Waals surface area contributed by atoms with Crippen molar-refractivity contribution in [3.8, 4) is 6.01 Å². The van der Waals surface area contributed by atoms with Gasteiger partial charge in [-0.1, -0.05) is 42.4 Å². The maximum atomic E-state index is 14.3. The Hall–Kier alpha value is -3.94. The van der Waals surface area contributed by atoms with Gasteiger partial charge in [0.1, 0.15) is 24.1 Å². The zero-order valence-corrected chi connectivity index (χ0v) is 25.8. The first-order chi connectivity index (χ1) is 21.3. The molecule has 2 fully saturated rings. The van der Waals surface area contributed by atoms with E-state index in [1.54, 1.807) is 4.90 Å². The highest BCUT2D eigenvalue weighted by Crippen LogP contribution is 2.40. The number of alkyl halides is 1. The smallest absolute Gasteiger partial charge is 0.318 e. The minimum atomic E-state index is -1.06. The molecular weight excluding hydrogens is 581 g/mol. The first kappa shape index (κ1) is 30.1. The molecule has 0 N–H and O–H groups in total. The van der Waals surface area contributed by atoms with E-state index in [2.05, 4.69) is 39.4 Å². The van der Waals surface area contributed by atoms with Crippen molar-refractivity contribution in [3.63, 3.8) is 0 Å². The van der Waals surface area contributed by atoms with Crippen molar-refractivity contribution < 1.29 is 13.9 Å². The Morgan fingerprint density at radius 1 is 1.23 bits per heavy atom. The molecule has 9 nitrogen and oxygen atoms in total. The SMILES string of the molecule is [C-]#[N+]C[C@H]1CN(c2nc(OCCN(C)CC3(F)CC3)nc3c2CCN(c2cccc4cccc(Cl)c24)C3)CCN1C(=O)C=C. The normalized spacial score (nSPS) is 19.1. The van der Waals surface area contributed by atoms with Crippen molar-refractivity contribution in [1.29, 1.82) is 0 Å². The molecule has 3 heterocycles. The van der Waals surface area contributed by atoms with Gasteiger partial charge in [0.15, 0.2) is 0 Å². The second-order valence-corrected chi connectivity index (χ2v) is 12.4. The van der Waals surface area contributed by atoms with Crippen LogP contribution < -0.4 is 14.5 Å². The number of anilines is 2. The van der Waals surface area contributed by atoms with Crippen LogP contribution in [-0.4, -0.2) is 96.9 Å². The van der Waals surface area contributed by atoms with Gasteiger partial charge < -0.3 is 24.3 Å². The van der Waals surface area contributed by atoms with Gasteiger partial charge in [-0.05, 0) is 49.9 Å². The van der Waals surface area contributed by atoms with Gasteiger partial charge in [-0.25, -0.2) is 11.0 Å². The number of carbonyl (C=O) groups excluding carboxylic acids is 1. The third-order valence-electron chi connectivity index (χ3n) is 8.79. The fourth-order valence-electron chi connectivity index (χ4n) is 6.33. The topological polar surface area (TPSA) is 69.4 Å². The summed E-state index contributed by atoms with van der Waals surface area (Å²) >= 11 is 6.68. The number of amides is 1. The van der Waals surface area contributed by atoms with E-state index in [0.29, 0.717) is 70.2 Å². The Balaban J connectivity index is 1.29. The first-order valence-electron chi connectivity index (χ1n) is 15.1. The fourth-order valence-corrected chi connectivity index (χ4v) is 6.60. The Bertz CT molecular complexity index is 1600. The van der Waals surface area contributed by atoms with Gasteiger partial charge in [-0.3, -0.25) is 9.69 Å². The molecule has 1 aliphatic carbocycles. The van der Waals surface area contributed by atoms with Crippen LogP contribution in [0.4, 0.5) is 15.9 Å². The van der Waals surface area contributed by atoms with E-state index in [1.807, 2.05) is 30.1 Å². The summed E-state index contributed by atoms with van der Waals surface area (Å²) in [7, 11) is 1.90. The van der Waals surface area contributed by atoms with Crippen LogP contribution in [0.5, 0.6) is 6.01 Å². The number of hydrogen-bond acceptors (Lipinski definition) is 7. The molecule has 44 heavy (non-hydrogen) atoms. The number of fused-ring (bicyclic) bond motifs is 2. The van der Waals surface area contributed by atoms with Crippen LogP contribution in [0.1, 0.15) is 24.1 Å². The number of rotatable bonds is 10. The molecule has 0 unspecified atom stereocenters. The summed E-state index contributed by atoms with van der Waals surface area (Å²) in [6.07, 6.45) is 3.26. The molecule has 230 valence electrons. The summed E-state index contributed by atoms with van der Waals surface area (Å²) in [6, 6.07) is 12.1. The zero-order valence-electron chi connectivity index (χ0n) is 25.0. The number of ether oxygens (including phenoxy) is 1. The molecule has 1 saturated heterocycles. The van der Waals surface area contributed by atoms with Crippen LogP contribution in [0, 0.1) is 6.57 Å². The van der Waals surface area contributed by atoms with Crippen LogP contribution >= 0.6 is 11.6 Å². The average Bonchev–Trinajstić information content (AvgIpc) is 3.75. The predicted molar refractivity (Wildman–Crippen MR) is 171 cm³/mol. The Morgan fingerprint density at radius 2 is 2.02 bits per heavy atom. The minimum absolute atomic E-state index is 0.165. The number of benzene rings is 2. The van der Waals surface area contributed by atoms with E-state index in [1.165, 1.54) is 6.08 Å². The van der Waals surface area contributed by atoms with Crippen molar-refractivity contribution in [3.05, 3.63) is 76.8 Å². The highest BCUT2D eigenvalue weighted by Gasteiger charge is 2.43. The third-order valence-corrected chi connectivity index (χ3v) is 9.10. The summed E-state index contributed by atoms with van der Waals surface area (Å²) in [4.78, 5) is 34.1. The Labute approximate surface area is 262 Å². The van der Waals surface area contributed by atoms with Crippen molar-refractivity contribution >= 4 is 39.8 Å². The van der Waals surface area contributed by atoms with Crippen molar-refractivity contribution in [1.82, 2.24) is 19.8 Å². The molecule has 3 aromatic rings. The number of piperazine rings is 1. The highest BCUT2D eigenvalue weighted by atomic mass is 35.5. The summed E-state index contributed by atoms with van der Waals surface area (Å²) in [5, 5.41) is 2.80. The molecule has 3 aliphatic rings. The van der Waals surface area contributed by atoms with Gasteiger partial charge >= 0.3 is 6.01 Å². The van der Waals surface area contributed by atoms with Gasteiger partial charge in [0.25, 0.3) is 0 Å². The molecule has 2 aromatic carbocycles.